The highest BCUT2D eigenvalue weighted by atomic mass is 16.3. The maximum Gasteiger partial charge on any atom is 0.115 e. The van der Waals surface area contributed by atoms with E-state index in [4.69, 9.17) is 5.73 Å². The number of phenols is 1. The number of aliphatic hydroxyl groups is 1. The van der Waals surface area contributed by atoms with Gasteiger partial charge in [0.1, 0.15) is 5.75 Å². The van der Waals surface area contributed by atoms with Crippen LogP contribution >= 0.6 is 0 Å². The molecule has 3 heteroatoms. The zero-order chi connectivity index (χ0) is 12.3. The van der Waals surface area contributed by atoms with Crippen molar-refractivity contribution in [3.8, 4) is 5.75 Å². The van der Waals surface area contributed by atoms with Gasteiger partial charge in [-0.1, -0.05) is 31.4 Å². The minimum Gasteiger partial charge on any atom is -0.508 e. The summed E-state index contributed by atoms with van der Waals surface area (Å²) in [5.74, 6) is 0.226. The zero-order valence-electron chi connectivity index (χ0n) is 10.1. The summed E-state index contributed by atoms with van der Waals surface area (Å²) >= 11 is 0. The highest BCUT2D eigenvalue weighted by Gasteiger charge is 2.37. The molecule has 2 rings (SSSR count). The molecular formula is C14H21NO2. The summed E-state index contributed by atoms with van der Waals surface area (Å²) in [7, 11) is 0. The van der Waals surface area contributed by atoms with E-state index < -0.39 is 5.60 Å². The van der Waals surface area contributed by atoms with Crippen LogP contribution < -0.4 is 5.73 Å². The minimum atomic E-state index is -0.663. The van der Waals surface area contributed by atoms with Gasteiger partial charge in [-0.05, 0) is 30.5 Å². The molecule has 0 aliphatic heterocycles. The molecule has 0 bridgehead atoms. The van der Waals surface area contributed by atoms with Crippen molar-refractivity contribution in [2.75, 3.05) is 6.54 Å². The predicted octanol–water partition coefficient (Wildman–Crippen LogP) is 2.13. The van der Waals surface area contributed by atoms with Gasteiger partial charge in [0.05, 0.1) is 5.60 Å². The first-order chi connectivity index (χ1) is 8.15. The molecule has 0 spiro atoms. The summed E-state index contributed by atoms with van der Waals surface area (Å²) < 4.78 is 0. The molecule has 0 saturated heterocycles. The molecule has 1 aromatic rings. The lowest BCUT2D eigenvalue weighted by atomic mass is 9.73. The van der Waals surface area contributed by atoms with Gasteiger partial charge in [-0.15, -0.1) is 0 Å². The third kappa shape index (κ3) is 2.61. The van der Waals surface area contributed by atoms with Crippen molar-refractivity contribution in [1.82, 2.24) is 0 Å². The topological polar surface area (TPSA) is 66.5 Å². The highest BCUT2D eigenvalue weighted by Crippen LogP contribution is 2.39. The lowest BCUT2D eigenvalue weighted by molar-refractivity contribution is -0.0194. The van der Waals surface area contributed by atoms with E-state index in [1.807, 2.05) is 12.1 Å². The molecule has 1 aromatic carbocycles. The fourth-order valence-electron chi connectivity index (χ4n) is 2.88. The molecule has 1 saturated carbocycles. The highest BCUT2D eigenvalue weighted by molar-refractivity contribution is 5.30. The first-order valence-electron chi connectivity index (χ1n) is 6.37. The molecule has 0 aromatic heterocycles. The van der Waals surface area contributed by atoms with Gasteiger partial charge in [-0.3, -0.25) is 0 Å². The zero-order valence-corrected chi connectivity index (χ0v) is 10.1. The number of rotatable bonds is 3. The van der Waals surface area contributed by atoms with E-state index in [1.165, 1.54) is 6.42 Å². The van der Waals surface area contributed by atoms with E-state index in [1.54, 1.807) is 12.1 Å². The monoisotopic (exact) mass is 235 g/mol. The lowest BCUT2D eigenvalue weighted by Crippen LogP contribution is -2.41. The van der Waals surface area contributed by atoms with E-state index in [0.29, 0.717) is 6.54 Å². The van der Waals surface area contributed by atoms with Crippen molar-refractivity contribution in [3.05, 3.63) is 29.8 Å². The summed E-state index contributed by atoms with van der Waals surface area (Å²) in [5.41, 5.74) is 6.20. The number of phenolic OH excluding ortho intramolecular Hbond substituents is 1. The van der Waals surface area contributed by atoms with Crippen LogP contribution in [0, 0.1) is 0 Å². The number of hydrogen-bond donors (Lipinski definition) is 3. The molecule has 1 aliphatic carbocycles. The average Bonchev–Trinajstić information content (AvgIpc) is 2.33. The molecule has 0 heterocycles. The van der Waals surface area contributed by atoms with Crippen LogP contribution in [0.3, 0.4) is 0 Å². The Kier molecular flexibility index (Phi) is 3.69. The van der Waals surface area contributed by atoms with Crippen LogP contribution in [0.4, 0.5) is 0 Å². The van der Waals surface area contributed by atoms with Crippen molar-refractivity contribution in [2.24, 2.45) is 5.73 Å². The van der Waals surface area contributed by atoms with Gasteiger partial charge in [0.15, 0.2) is 0 Å². The molecule has 0 unspecified atom stereocenters. The van der Waals surface area contributed by atoms with Crippen molar-refractivity contribution < 1.29 is 10.2 Å². The van der Waals surface area contributed by atoms with Gasteiger partial charge in [0.2, 0.25) is 0 Å². The summed E-state index contributed by atoms with van der Waals surface area (Å²) in [4.78, 5) is 0. The fourth-order valence-corrected chi connectivity index (χ4v) is 2.88. The number of hydrogen-bond acceptors (Lipinski definition) is 3. The summed E-state index contributed by atoms with van der Waals surface area (Å²) in [6.07, 6.45) is 5.01. The quantitative estimate of drug-likeness (QED) is 0.752. The van der Waals surface area contributed by atoms with Crippen LogP contribution in [0.1, 0.15) is 43.6 Å². The van der Waals surface area contributed by atoms with Crippen LogP contribution in [0.5, 0.6) is 5.75 Å². The molecule has 4 N–H and O–H groups in total. The third-order valence-electron chi connectivity index (χ3n) is 3.90. The van der Waals surface area contributed by atoms with Crippen LogP contribution in [0.25, 0.3) is 0 Å². The van der Waals surface area contributed by atoms with Gasteiger partial charge < -0.3 is 15.9 Å². The second kappa shape index (κ2) is 5.07. The summed E-state index contributed by atoms with van der Waals surface area (Å²) in [6, 6.07) is 7.03. The first kappa shape index (κ1) is 12.4. The molecule has 3 nitrogen and oxygen atoms in total. The molecular weight excluding hydrogens is 214 g/mol. The van der Waals surface area contributed by atoms with Crippen LogP contribution in [0.2, 0.25) is 0 Å². The summed E-state index contributed by atoms with van der Waals surface area (Å²) in [5, 5.41) is 20.0. The SMILES string of the molecule is NC[C@@H](c1ccc(O)cc1)C1(O)CCCCC1. The van der Waals surface area contributed by atoms with Crippen molar-refractivity contribution in [2.45, 2.75) is 43.6 Å². The number of aromatic hydroxyl groups is 1. The minimum absolute atomic E-state index is 0.0246. The van der Waals surface area contributed by atoms with Gasteiger partial charge in [-0.25, -0.2) is 0 Å². The Morgan fingerprint density at radius 1 is 1.12 bits per heavy atom. The van der Waals surface area contributed by atoms with Crippen LogP contribution in [-0.2, 0) is 0 Å². The second-order valence-electron chi connectivity index (χ2n) is 5.04. The maximum absolute atomic E-state index is 10.7. The third-order valence-corrected chi connectivity index (χ3v) is 3.90. The van der Waals surface area contributed by atoms with E-state index in [0.717, 1.165) is 31.2 Å². The van der Waals surface area contributed by atoms with Crippen LogP contribution in [0.15, 0.2) is 24.3 Å². The molecule has 0 amide bonds. The number of benzene rings is 1. The molecule has 1 aliphatic rings. The molecule has 0 radical (unpaired) electrons. The Bertz CT molecular complexity index is 355. The average molecular weight is 235 g/mol. The van der Waals surface area contributed by atoms with E-state index >= 15 is 0 Å². The van der Waals surface area contributed by atoms with Crippen molar-refractivity contribution in [1.29, 1.82) is 0 Å². The largest absolute Gasteiger partial charge is 0.508 e. The maximum atomic E-state index is 10.7. The van der Waals surface area contributed by atoms with E-state index in [-0.39, 0.29) is 11.7 Å². The Morgan fingerprint density at radius 2 is 1.71 bits per heavy atom. The van der Waals surface area contributed by atoms with Crippen molar-refractivity contribution in [3.63, 3.8) is 0 Å². The first-order valence-corrected chi connectivity index (χ1v) is 6.37. The predicted molar refractivity (Wildman–Crippen MR) is 67.9 cm³/mol. The van der Waals surface area contributed by atoms with Gasteiger partial charge in [-0.2, -0.15) is 0 Å². The number of nitrogens with two attached hydrogens (primary N) is 1. The standard InChI is InChI=1S/C14H21NO2/c15-10-13(11-4-6-12(16)7-5-11)14(17)8-2-1-3-9-14/h4-7,13,16-17H,1-3,8-10,15H2/t13-/m0/s1. The molecule has 17 heavy (non-hydrogen) atoms. The summed E-state index contributed by atoms with van der Waals surface area (Å²) in [6.45, 7) is 0.446. The smallest absolute Gasteiger partial charge is 0.115 e. The van der Waals surface area contributed by atoms with Gasteiger partial charge >= 0.3 is 0 Å². The molecule has 1 atom stereocenters. The molecule has 94 valence electrons. The normalized spacial score (nSPS) is 21.1. The fraction of sp³-hybridized carbons (Fsp3) is 0.571. The Labute approximate surface area is 102 Å². The van der Waals surface area contributed by atoms with Crippen molar-refractivity contribution >= 4 is 0 Å². The van der Waals surface area contributed by atoms with Crippen LogP contribution in [-0.4, -0.2) is 22.4 Å². The lowest BCUT2D eigenvalue weighted by Gasteiger charge is -2.39. The van der Waals surface area contributed by atoms with Gasteiger partial charge in [0, 0.05) is 12.5 Å². The van der Waals surface area contributed by atoms with Gasteiger partial charge in [0.25, 0.3) is 0 Å². The molecule has 1 fully saturated rings. The van der Waals surface area contributed by atoms with E-state index in [2.05, 4.69) is 0 Å². The Morgan fingerprint density at radius 3 is 2.24 bits per heavy atom. The Balaban J connectivity index is 2.22. The second-order valence-corrected chi connectivity index (χ2v) is 5.04. The van der Waals surface area contributed by atoms with E-state index in [9.17, 15) is 10.2 Å². The Hall–Kier alpha value is -1.06.